The van der Waals surface area contributed by atoms with Crippen molar-refractivity contribution in [3.63, 3.8) is 0 Å². The summed E-state index contributed by atoms with van der Waals surface area (Å²) in [4.78, 5) is 10.8. The van der Waals surface area contributed by atoms with Gasteiger partial charge in [-0.05, 0) is 5.92 Å². The molecular formula is C9H12F3N3O2. The molecule has 0 atom stereocenters. The average Bonchev–Trinajstić information content (AvgIpc) is 2.42. The van der Waals surface area contributed by atoms with Crippen LogP contribution in [0.15, 0.2) is 0 Å². The van der Waals surface area contributed by atoms with E-state index >= 15 is 0 Å². The number of hydrogen-bond donors (Lipinski definition) is 2. The molecule has 1 heterocycles. The molecule has 0 spiro atoms. The highest BCUT2D eigenvalue weighted by Gasteiger charge is 2.41. The Morgan fingerprint density at radius 3 is 2.35 bits per heavy atom. The van der Waals surface area contributed by atoms with Gasteiger partial charge in [-0.15, -0.1) is 0 Å². The number of nitrogens with two attached hydrogens (primary N) is 1. The third-order valence-corrected chi connectivity index (χ3v) is 2.01. The maximum Gasteiger partial charge on any atom is 0.436 e. The highest BCUT2D eigenvalue weighted by Crippen LogP contribution is 2.33. The molecule has 1 rings (SSSR count). The van der Waals surface area contributed by atoms with Gasteiger partial charge in [0, 0.05) is 6.54 Å². The Labute approximate surface area is 95.0 Å². The van der Waals surface area contributed by atoms with Crippen LogP contribution >= 0.6 is 0 Å². The lowest BCUT2D eigenvalue weighted by atomic mass is 10.2. The maximum atomic E-state index is 12.5. The molecular weight excluding hydrogens is 239 g/mol. The second-order valence-corrected chi connectivity index (χ2v) is 3.99. The van der Waals surface area contributed by atoms with E-state index in [1.807, 2.05) is 0 Å². The van der Waals surface area contributed by atoms with Crippen molar-refractivity contribution in [2.75, 3.05) is 5.73 Å². The molecule has 0 unspecified atom stereocenters. The molecule has 0 aliphatic rings. The molecule has 0 aromatic carbocycles. The number of nitrogens with zero attached hydrogens (tertiary/aromatic N) is 2. The van der Waals surface area contributed by atoms with Crippen molar-refractivity contribution in [2.45, 2.75) is 26.6 Å². The molecule has 3 N–H and O–H groups in total. The summed E-state index contributed by atoms with van der Waals surface area (Å²) in [5.41, 5.74) is 2.93. The van der Waals surface area contributed by atoms with Crippen LogP contribution in [0, 0.1) is 5.92 Å². The second kappa shape index (κ2) is 4.27. The predicted octanol–water partition coefficient (Wildman–Crippen LogP) is 1.84. The van der Waals surface area contributed by atoms with E-state index in [4.69, 9.17) is 10.8 Å². The van der Waals surface area contributed by atoms with Crippen molar-refractivity contribution in [1.29, 1.82) is 0 Å². The van der Waals surface area contributed by atoms with Gasteiger partial charge in [-0.3, -0.25) is 0 Å². The molecule has 0 saturated heterocycles. The summed E-state index contributed by atoms with van der Waals surface area (Å²) in [7, 11) is 0. The Hall–Kier alpha value is -1.73. The van der Waals surface area contributed by atoms with Crippen LogP contribution in [0.2, 0.25) is 0 Å². The van der Waals surface area contributed by atoms with Gasteiger partial charge >= 0.3 is 12.1 Å². The first-order valence-corrected chi connectivity index (χ1v) is 4.81. The fraction of sp³-hybridized carbons (Fsp3) is 0.556. The molecule has 8 heteroatoms. The first kappa shape index (κ1) is 13.3. The highest BCUT2D eigenvalue weighted by molar-refractivity contribution is 5.94. The van der Waals surface area contributed by atoms with Crippen LogP contribution in [0.3, 0.4) is 0 Å². The lowest BCUT2D eigenvalue weighted by Gasteiger charge is -2.06. The number of rotatable bonds is 3. The minimum Gasteiger partial charge on any atom is -0.477 e. The molecule has 0 fully saturated rings. The summed E-state index contributed by atoms with van der Waals surface area (Å²) in [5, 5.41) is 12.0. The summed E-state index contributed by atoms with van der Waals surface area (Å²) in [6.07, 6.45) is -4.83. The molecule has 0 aliphatic carbocycles. The minimum absolute atomic E-state index is 0.0000661. The zero-order chi connectivity index (χ0) is 13.4. The lowest BCUT2D eigenvalue weighted by molar-refractivity contribution is -0.142. The van der Waals surface area contributed by atoms with Crippen LogP contribution in [-0.4, -0.2) is 20.9 Å². The van der Waals surface area contributed by atoms with Crippen molar-refractivity contribution < 1.29 is 23.1 Å². The Morgan fingerprint density at radius 1 is 1.53 bits per heavy atom. The van der Waals surface area contributed by atoms with Crippen molar-refractivity contribution in [1.82, 2.24) is 9.78 Å². The van der Waals surface area contributed by atoms with E-state index in [0.717, 1.165) is 4.68 Å². The number of alkyl halides is 3. The first-order valence-electron chi connectivity index (χ1n) is 4.81. The molecule has 0 aliphatic heterocycles. The monoisotopic (exact) mass is 251 g/mol. The normalized spacial score (nSPS) is 12.1. The van der Waals surface area contributed by atoms with Gasteiger partial charge in [0.1, 0.15) is 11.4 Å². The molecule has 96 valence electrons. The van der Waals surface area contributed by atoms with Crippen molar-refractivity contribution >= 4 is 11.8 Å². The van der Waals surface area contributed by atoms with Crippen molar-refractivity contribution in [2.24, 2.45) is 5.92 Å². The minimum atomic E-state index is -4.83. The summed E-state index contributed by atoms with van der Waals surface area (Å²) >= 11 is 0. The van der Waals surface area contributed by atoms with E-state index in [1.165, 1.54) is 0 Å². The number of carboxylic acids is 1. The largest absolute Gasteiger partial charge is 0.477 e. The molecule has 1 aromatic heterocycles. The van der Waals surface area contributed by atoms with E-state index in [0.29, 0.717) is 0 Å². The second-order valence-electron chi connectivity index (χ2n) is 3.99. The summed E-state index contributed by atoms with van der Waals surface area (Å²) in [6, 6.07) is 0. The van der Waals surface area contributed by atoms with Crippen LogP contribution in [0.5, 0.6) is 0 Å². The number of anilines is 1. The maximum absolute atomic E-state index is 12.5. The Morgan fingerprint density at radius 2 is 2.06 bits per heavy atom. The smallest absolute Gasteiger partial charge is 0.436 e. The molecule has 17 heavy (non-hydrogen) atoms. The number of carbonyl (C=O) groups is 1. The Balaban J connectivity index is 3.35. The SMILES string of the molecule is CC(C)Cn1nc(C(F)(F)F)c(C(=O)O)c1N. The number of aromatic nitrogens is 2. The predicted molar refractivity (Wildman–Crippen MR) is 53.4 cm³/mol. The van der Waals surface area contributed by atoms with Crippen LogP contribution in [0.25, 0.3) is 0 Å². The Kier molecular flexibility index (Phi) is 3.35. The lowest BCUT2D eigenvalue weighted by Crippen LogP contribution is -2.12. The number of aromatic carboxylic acids is 1. The van der Waals surface area contributed by atoms with Crippen LogP contribution in [0.1, 0.15) is 29.9 Å². The standard InChI is InChI=1S/C9H12F3N3O2/c1-4(2)3-15-7(13)5(8(16)17)6(14-15)9(10,11)12/h4H,3,13H2,1-2H3,(H,16,17). The molecule has 0 radical (unpaired) electrons. The number of carboxylic acid groups (broad SMARTS) is 1. The van der Waals surface area contributed by atoms with Crippen LogP contribution < -0.4 is 5.73 Å². The molecule has 0 saturated carbocycles. The highest BCUT2D eigenvalue weighted by atomic mass is 19.4. The number of hydrogen-bond acceptors (Lipinski definition) is 3. The van der Waals surface area contributed by atoms with E-state index in [1.54, 1.807) is 13.8 Å². The fourth-order valence-corrected chi connectivity index (χ4v) is 1.37. The van der Waals surface area contributed by atoms with E-state index in [-0.39, 0.29) is 12.5 Å². The molecule has 1 aromatic rings. The Bertz CT molecular complexity index is 437. The van der Waals surface area contributed by atoms with Gasteiger partial charge in [0.05, 0.1) is 0 Å². The summed E-state index contributed by atoms with van der Waals surface area (Å²) < 4.78 is 38.5. The van der Waals surface area contributed by atoms with Gasteiger partial charge in [0.2, 0.25) is 0 Å². The zero-order valence-electron chi connectivity index (χ0n) is 9.25. The molecule has 0 amide bonds. The summed E-state index contributed by atoms with van der Waals surface area (Å²) in [5.74, 6) is -2.21. The molecule has 5 nitrogen and oxygen atoms in total. The van der Waals surface area contributed by atoms with Gasteiger partial charge < -0.3 is 10.8 Å². The van der Waals surface area contributed by atoms with Crippen molar-refractivity contribution in [3.8, 4) is 0 Å². The van der Waals surface area contributed by atoms with Gasteiger partial charge in [-0.25, -0.2) is 9.48 Å². The van der Waals surface area contributed by atoms with Gasteiger partial charge in [-0.1, -0.05) is 13.8 Å². The fourth-order valence-electron chi connectivity index (χ4n) is 1.37. The molecule has 0 bridgehead atoms. The first-order chi connectivity index (χ1) is 7.64. The average molecular weight is 251 g/mol. The third-order valence-electron chi connectivity index (χ3n) is 2.01. The topological polar surface area (TPSA) is 81.1 Å². The summed E-state index contributed by atoms with van der Waals surface area (Å²) in [6.45, 7) is 3.64. The number of nitrogen functional groups attached to an aromatic ring is 1. The van der Waals surface area contributed by atoms with E-state index < -0.39 is 29.2 Å². The third kappa shape index (κ3) is 2.69. The van der Waals surface area contributed by atoms with Gasteiger partial charge in [0.25, 0.3) is 0 Å². The van der Waals surface area contributed by atoms with Crippen LogP contribution in [0.4, 0.5) is 19.0 Å². The quantitative estimate of drug-likeness (QED) is 0.858. The van der Waals surface area contributed by atoms with Crippen molar-refractivity contribution in [3.05, 3.63) is 11.3 Å². The van der Waals surface area contributed by atoms with E-state index in [2.05, 4.69) is 5.10 Å². The van der Waals surface area contributed by atoms with E-state index in [9.17, 15) is 18.0 Å². The van der Waals surface area contributed by atoms with Gasteiger partial charge in [0.15, 0.2) is 5.69 Å². The number of halogens is 3. The van der Waals surface area contributed by atoms with Crippen LogP contribution in [-0.2, 0) is 12.7 Å². The van der Waals surface area contributed by atoms with Gasteiger partial charge in [-0.2, -0.15) is 18.3 Å². The zero-order valence-corrected chi connectivity index (χ0v) is 9.25.